The van der Waals surface area contributed by atoms with Gasteiger partial charge in [0, 0.05) is 5.56 Å². The highest BCUT2D eigenvalue weighted by molar-refractivity contribution is 5.98. The molecule has 0 aliphatic rings. The Hall–Kier alpha value is -2.96. The first-order valence-corrected chi connectivity index (χ1v) is 9.04. The summed E-state index contributed by atoms with van der Waals surface area (Å²) in [6, 6.07) is 13.8. The molecule has 2 aromatic carbocycles. The molecule has 3 rings (SSSR count). The molecule has 0 saturated heterocycles. The van der Waals surface area contributed by atoms with Gasteiger partial charge in [0.05, 0.1) is 5.56 Å². The number of aryl methyl sites for hydroxylation is 1. The lowest BCUT2D eigenvalue weighted by molar-refractivity contribution is -0.137. The number of hydrogen-bond acceptors (Lipinski definition) is 3. The van der Waals surface area contributed by atoms with Gasteiger partial charge in [-0.2, -0.15) is 18.3 Å². The van der Waals surface area contributed by atoms with Gasteiger partial charge >= 0.3 is 6.18 Å². The van der Waals surface area contributed by atoms with Gasteiger partial charge in [-0.1, -0.05) is 48.9 Å². The van der Waals surface area contributed by atoms with Crippen LogP contribution in [0, 0.1) is 0 Å². The molecule has 0 fully saturated rings. The van der Waals surface area contributed by atoms with E-state index in [0.29, 0.717) is 6.42 Å². The minimum Gasteiger partial charge on any atom is -0.292 e. The monoisotopic (exact) mass is 387 g/mol. The van der Waals surface area contributed by atoms with Crippen LogP contribution in [0.2, 0.25) is 0 Å². The first-order valence-electron chi connectivity index (χ1n) is 9.04. The number of ketones is 1. The average molecular weight is 387 g/mol. The normalized spacial score (nSPS) is 12.7. The summed E-state index contributed by atoms with van der Waals surface area (Å²) in [5, 5.41) is 4.06. The van der Waals surface area contributed by atoms with Crippen LogP contribution in [0.15, 0.2) is 67.3 Å². The fourth-order valence-corrected chi connectivity index (χ4v) is 3.09. The van der Waals surface area contributed by atoms with Gasteiger partial charge in [0.2, 0.25) is 0 Å². The number of benzene rings is 2. The van der Waals surface area contributed by atoms with E-state index in [-0.39, 0.29) is 11.3 Å². The summed E-state index contributed by atoms with van der Waals surface area (Å²) < 4.78 is 39.7. The van der Waals surface area contributed by atoms with E-state index in [1.54, 1.807) is 0 Å². The van der Waals surface area contributed by atoms with E-state index in [1.807, 2.05) is 18.2 Å². The smallest absolute Gasteiger partial charge is 0.292 e. The van der Waals surface area contributed by atoms with Gasteiger partial charge in [-0.15, -0.1) is 0 Å². The molecular formula is C21H20F3N3O. The molecule has 4 nitrogen and oxygen atoms in total. The lowest BCUT2D eigenvalue weighted by Crippen LogP contribution is -2.21. The SMILES string of the molecule is O=C(c1ccc(C(F)(F)F)cc1)C(CCCCc1ccccc1)n1cncn1. The van der Waals surface area contributed by atoms with Gasteiger partial charge in [-0.25, -0.2) is 9.67 Å². The lowest BCUT2D eigenvalue weighted by Gasteiger charge is -2.16. The van der Waals surface area contributed by atoms with Crippen LogP contribution >= 0.6 is 0 Å². The Labute approximate surface area is 161 Å². The number of halogens is 3. The molecule has 3 aromatic rings. The Morgan fingerprint density at radius 2 is 1.71 bits per heavy atom. The van der Waals surface area contributed by atoms with E-state index in [4.69, 9.17) is 0 Å². The van der Waals surface area contributed by atoms with Crippen molar-refractivity contribution in [1.82, 2.24) is 14.8 Å². The predicted octanol–water partition coefficient (Wildman–Crippen LogP) is 5.13. The van der Waals surface area contributed by atoms with Gasteiger partial charge in [-0.05, 0) is 37.0 Å². The van der Waals surface area contributed by atoms with Crippen molar-refractivity contribution < 1.29 is 18.0 Å². The van der Waals surface area contributed by atoms with Crippen LogP contribution in [0.3, 0.4) is 0 Å². The van der Waals surface area contributed by atoms with E-state index in [2.05, 4.69) is 22.2 Å². The highest BCUT2D eigenvalue weighted by Crippen LogP contribution is 2.30. The molecule has 0 N–H and O–H groups in total. The second kappa shape index (κ2) is 8.82. The molecule has 0 aliphatic carbocycles. The fourth-order valence-electron chi connectivity index (χ4n) is 3.09. The number of unbranched alkanes of at least 4 members (excludes halogenated alkanes) is 1. The molecule has 0 spiro atoms. The number of carbonyl (C=O) groups excluding carboxylic acids is 1. The van der Waals surface area contributed by atoms with Crippen molar-refractivity contribution in [2.45, 2.75) is 37.9 Å². The maximum Gasteiger partial charge on any atom is 0.416 e. The summed E-state index contributed by atoms with van der Waals surface area (Å²) in [6.45, 7) is 0. The quantitative estimate of drug-likeness (QED) is 0.397. The second-order valence-corrected chi connectivity index (χ2v) is 6.56. The van der Waals surface area contributed by atoms with E-state index < -0.39 is 17.8 Å². The van der Waals surface area contributed by atoms with Gasteiger partial charge in [0.15, 0.2) is 5.78 Å². The Bertz CT molecular complexity index is 876. The Kier molecular flexibility index (Phi) is 6.23. The van der Waals surface area contributed by atoms with Gasteiger partial charge in [0.25, 0.3) is 0 Å². The highest BCUT2D eigenvalue weighted by Gasteiger charge is 2.31. The van der Waals surface area contributed by atoms with E-state index in [0.717, 1.165) is 31.4 Å². The number of carbonyl (C=O) groups is 1. The van der Waals surface area contributed by atoms with Crippen molar-refractivity contribution in [2.75, 3.05) is 0 Å². The lowest BCUT2D eigenvalue weighted by atomic mass is 9.97. The van der Waals surface area contributed by atoms with Crippen molar-refractivity contribution in [2.24, 2.45) is 0 Å². The van der Waals surface area contributed by atoms with Crippen molar-refractivity contribution in [3.05, 3.63) is 83.9 Å². The van der Waals surface area contributed by atoms with Crippen LogP contribution in [-0.2, 0) is 12.6 Å². The number of alkyl halides is 3. The molecule has 1 heterocycles. The van der Waals surface area contributed by atoms with Gasteiger partial charge in [-0.3, -0.25) is 4.79 Å². The summed E-state index contributed by atoms with van der Waals surface area (Å²) in [7, 11) is 0. The molecule has 146 valence electrons. The standard InChI is InChI=1S/C21H20F3N3O/c22-21(23,24)18-12-10-17(11-13-18)20(28)19(27-15-25-14-26-27)9-5-4-8-16-6-2-1-3-7-16/h1-3,6-7,10-15,19H,4-5,8-9H2. The minimum atomic E-state index is -4.43. The van der Waals surface area contributed by atoms with Crippen molar-refractivity contribution in [3.8, 4) is 0 Å². The summed E-state index contributed by atoms with van der Waals surface area (Å²) >= 11 is 0. The third kappa shape index (κ3) is 5.06. The number of Topliss-reactive ketones (excluding diaryl/α,β-unsaturated/α-hetero) is 1. The van der Waals surface area contributed by atoms with Crippen LogP contribution < -0.4 is 0 Å². The van der Waals surface area contributed by atoms with Crippen molar-refractivity contribution in [1.29, 1.82) is 0 Å². The first-order chi connectivity index (χ1) is 13.4. The topological polar surface area (TPSA) is 47.8 Å². The van der Waals surface area contributed by atoms with Crippen LogP contribution in [0.5, 0.6) is 0 Å². The Balaban J connectivity index is 1.67. The molecule has 1 aromatic heterocycles. The van der Waals surface area contributed by atoms with Crippen molar-refractivity contribution in [3.63, 3.8) is 0 Å². The number of nitrogens with zero attached hydrogens (tertiary/aromatic N) is 3. The van der Waals surface area contributed by atoms with Gasteiger partial charge < -0.3 is 0 Å². The van der Waals surface area contributed by atoms with Crippen LogP contribution in [0.25, 0.3) is 0 Å². The largest absolute Gasteiger partial charge is 0.416 e. The number of aromatic nitrogens is 3. The van der Waals surface area contributed by atoms with Crippen LogP contribution in [0.4, 0.5) is 13.2 Å². The predicted molar refractivity (Wildman–Crippen MR) is 98.8 cm³/mol. The molecule has 0 amide bonds. The molecule has 0 aliphatic heterocycles. The summed E-state index contributed by atoms with van der Waals surface area (Å²) in [6.07, 6.45) is 1.50. The molecule has 1 atom stereocenters. The van der Waals surface area contributed by atoms with E-state index >= 15 is 0 Å². The summed E-state index contributed by atoms with van der Waals surface area (Å²) in [4.78, 5) is 16.8. The zero-order valence-corrected chi connectivity index (χ0v) is 15.1. The maximum atomic E-state index is 12.9. The molecular weight excluding hydrogens is 367 g/mol. The maximum absolute atomic E-state index is 12.9. The van der Waals surface area contributed by atoms with Crippen LogP contribution in [0.1, 0.15) is 46.8 Å². The van der Waals surface area contributed by atoms with Crippen LogP contribution in [-0.4, -0.2) is 20.5 Å². The molecule has 28 heavy (non-hydrogen) atoms. The average Bonchev–Trinajstić information content (AvgIpc) is 3.22. The third-order valence-corrected chi connectivity index (χ3v) is 4.59. The first kappa shape index (κ1) is 19.8. The summed E-state index contributed by atoms with van der Waals surface area (Å²) in [5.41, 5.74) is 0.689. The zero-order valence-electron chi connectivity index (χ0n) is 15.1. The van der Waals surface area contributed by atoms with Crippen molar-refractivity contribution >= 4 is 5.78 Å². The van der Waals surface area contributed by atoms with E-state index in [9.17, 15) is 18.0 Å². The van der Waals surface area contributed by atoms with E-state index in [1.165, 1.54) is 35.0 Å². The fraction of sp³-hybridized carbons (Fsp3) is 0.286. The molecule has 0 bridgehead atoms. The number of rotatable bonds is 8. The second-order valence-electron chi connectivity index (χ2n) is 6.56. The molecule has 7 heteroatoms. The Morgan fingerprint density at radius 3 is 2.32 bits per heavy atom. The third-order valence-electron chi connectivity index (χ3n) is 4.59. The zero-order chi connectivity index (χ0) is 20.0. The number of hydrogen-bond donors (Lipinski definition) is 0. The minimum absolute atomic E-state index is 0.233. The molecule has 1 unspecified atom stereocenters. The Morgan fingerprint density at radius 1 is 1.00 bits per heavy atom. The molecule has 0 radical (unpaired) electrons. The molecule has 0 saturated carbocycles. The van der Waals surface area contributed by atoms with Gasteiger partial charge in [0.1, 0.15) is 18.7 Å². The highest BCUT2D eigenvalue weighted by atomic mass is 19.4. The summed E-state index contributed by atoms with van der Waals surface area (Å²) in [5.74, 6) is -0.265.